The van der Waals surface area contributed by atoms with E-state index in [2.05, 4.69) is 0 Å². The van der Waals surface area contributed by atoms with E-state index in [1.54, 1.807) is 0 Å². The van der Waals surface area contributed by atoms with E-state index < -0.39 is 33.8 Å². The second kappa shape index (κ2) is 3.13. The summed E-state index contributed by atoms with van der Waals surface area (Å²) in [6, 6.07) is 0. The van der Waals surface area contributed by atoms with Crippen LogP contribution >= 0.6 is 0 Å². The zero-order chi connectivity index (χ0) is 10.3. The number of rotatable bonds is 1. The minimum atomic E-state index is -4.72. The van der Waals surface area contributed by atoms with Gasteiger partial charge >= 0.3 is 6.18 Å². The molecule has 7 heteroatoms. The zero-order valence-electron chi connectivity index (χ0n) is 6.58. The lowest BCUT2D eigenvalue weighted by Crippen LogP contribution is -2.36. The van der Waals surface area contributed by atoms with Gasteiger partial charge in [-0.25, -0.2) is 8.42 Å². The fraction of sp³-hybridized carbons (Fsp3) is 1.00. The number of alkyl halides is 3. The van der Waals surface area contributed by atoms with Gasteiger partial charge in [0.1, 0.15) is 0 Å². The van der Waals surface area contributed by atoms with Crippen LogP contribution in [0.4, 0.5) is 13.2 Å². The van der Waals surface area contributed by atoms with Crippen LogP contribution in [-0.4, -0.2) is 37.3 Å². The molecular formula is C6H9F3O3S. The number of hydrogen-bond donors (Lipinski definition) is 1. The van der Waals surface area contributed by atoms with Gasteiger partial charge < -0.3 is 5.11 Å². The third-order valence-corrected chi connectivity index (χ3v) is 3.84. The molecule has 2 unspecified atom stereocenters. The second-order valence-corrected chi connectivity index (χ2v) is 5.38. The molecule has 0 aromatic rings. The molecule has 13 heavy (non-hydrogen) atoms. The molecule has 0 amide bonds. The fourth-order valence-electron chi connectivity index (χ4n) is 1.34. The largest absolute Gasteiger partial charge is 0.414 e. The van der Waals surface area contributed by atoms with Gasteiger partial charge in [0.2, 0.25) is 0 Å². The number of aliphatic hydroxyl groups excluding tert-OH is 1. The van der Waals surface area contributed by atoms with Crippen molar-refractivity contribution >= 4 is 9.84 Å². The van der Waals surface area contributed by atoms with Gasteiger partial charge in [-0.3, -0.25) is 0 Å². The molecule has 1 fully saturated rings. The predicted molar refractivity (Wildman–Crippen MR) is 38.8 cm³/mol. The summed E-state index contributed by atoms with van der Waals surface area (Å²) in [4.78, 5) is 0. The summed E-state index contributed by atoms with van der Waals surface area (Å²) in [6.07, 6.45) is -7.34. The molecule has 0 aromatic carbocycles. The van der Waals surface area contributed by atoms with Gasteiger partial charge in [0.15, 0.2) is 15.9 Å². The van der Waals surface area contributed by atoms with Gasteiger partial charge in [0.25, 0.3) is 0 Å². The third-order valence-electron chi connectivity index (χ3n) is 2.05. The van der Waals surface area contributed by atoms with Crippen LogP contribution < -0.4 is 0 Å². The Labute approximate surface area is 73.5 Å². The first kappa shape index (κ1) is 10.8. The summed E-state index contributed by atoms with van der Waals surface area (Å²) in [7, 11) is -3.36. The van der Waals surface area contributed by atoms with Crippen LogP contribution in [-0.2, 0) is 9.84 Å². The van der Waals surface area contributed by atoms with E-state index in [0.717, 1.165) is 0 Å². The highest BCUT2D eigenvalue weighted by molar-refractivity contribution is 7.91. The molecule has 1 aliphatic heterocycles. The number of hydrogen-bond acceptors (Lipinski definition) is 3. The average Bonchev–Trinajstić information content (AvgIpc) is 2.26. The molecule has 1 N–H and O–H groups in total. The Hall–Kier alpha value is -0.300. The Balaban J connectivity index is 2.67. The predicted octanol–water partition coefficient (Wildman–Crippen LogP) is 0.344. The smallest absolute Gasteiger partial charge is 0.383 e. The first-order valence-corrected chi connectivity index (χ1v) is 5.50. The minimum Gasteiger partial charge on any atom is -0.383 e. The highest BCUT2D eigenvalue weighted by Gasteiger charge is 2.47. The van der Waals surface area contributed by atoms with Crippen molar-refractivity contribution in [1.29, 1.82) is 0 Å². The van der Waals surface area contributed by atoms with Crippen LogP contribution in [0.5, 0.6) is 0 Å². The van der Waals surface area contributed by atoms with E-state index in [0.29, 0.717) is 0 Å². The molecule has 1 saturated heterocycles. The quantitative estimate of drug-likeness (QED) is 0.690. The lowest BCUT2D eigenvalue weighted by Gasteiger charge is -2.19. The maximum Gasteiger partial charge on any atom is 0.414 e. The minimum absolute atomic E-state index is 0.108. The van der Waals surface area contributed by atoms with Crippen molar-refractivity contribution in [2.45, 2.75) is 18.7 Å². The van der Waals surface area contributed by atoms with Gasteiger partial charge in [0, 0.05) is 5.92 Å². The molecule has 1 aliphatic rings. The van der Waals surface area contributed by atoms with E-state index in [1.807, 2.05) is 0 Å². The van der Waals surface area contributed by atoms with Crippen LogP contribution in [0.1, 0.15) is 6.42 Å². The van der Waals surface area contributed by atoms with E-state index in [1.165, 1.54) is 0 Å². The van der Waals surface area contributed by atoms with Crippen LogP contribution in [0.25, 0.3) is 0 Å². The Morgan fingerprint density at radius 2 is 1.92 bits per heavy atom. The molecule has 1 heterocycles. The van der Waals surface area contributed by atoms with Crippen LogP contribution in [0.3, 0.4) is 0 Å². The maximum absolute atomic E-state index is 11.9. The maximum atomic E-state index is 11.9. The van der Waals surface area contributed by atoms with Crippen molar-refractivity contribution < 1.29 is 26.7 Å². The molecule has 0 spiro atoms. The lowest BCUT2D eigenvalue weighted by molar-refractivity contribution is -0.216. The molecule has 1 rings (SSSR count). The van der Waals surface area contributed by atoms with Crippen molar-refractivity contribution in [2.75, 3.05) is 11.5 Å². The molecule has 0 radical (unpaired) electrons. The van der Waals surface area contributed by atoms with Crippen LogP contribution in [0.2, 0.25) is 0 Å². The van der Waals surface area contributed by atoms with Gasteiger partial charge in [-0.05, 0) is 6.42 Å². The zero-order valence-corrected chi connectivity index (χ0v) is 7.40. The Bertz CT molecular complexity index is 282. The van der Waals surface area contributed by atoms with Crippen molar-refractivity contribution in [3.63, 3.8) is 0 Å². The van der Waals surface area contributed by atoms with E-state index in [9.17, 15) is 21.6 Å². The average molecular weight is 218 g/mol. The fourth-order valence-corrected chi connectivity index (χ4v) is 3.17. The van der Waals surface area contributed by atoms with Gasteiger partial charge in [0.05, 0.1) is 11.5 Å². The Morgan fingerprint density at radius 1 is 1.38 bits per heavy atom. The van der Waals surface area contributed by atoms with Gasteiger partial charge in [-0.2, -0.15) is 13.2 Å². The summed E-state index contributed by atoms with van der Waals surface area (Å²) in [5.41, 5.74) is 0. The molecule has 0 aromatic heterocycles. The summed E-state index contributed by atoms with van der Waals surface area (Å²) >= 11 is 0. The summed E-state index contributed by atoms with van der Waals surface area (Å²) in [6.45, 7) is 0. The van der Waals surface area contributed by atoms with Crippen molar-refractivity contribution in [3.05, 3.63) is 0 Å². The van der Waals surface area contributed by atoms with Gasteiger partial charge in [-0.1, -0.05) is 0 Å². The third kappa shape index (κ3) is 2.57. The molecule has 0 aliphatic carbocycles. The Kier molecular flexibility index (Phi) is 2.59. The summed E-state index contributed by atoms with van der Waals surface area (Å²) in [5, 5.41) is 8.73. The van der Waals surface area contributed by atoms with Gasteiger partial charge in [-0.15, -0.1) is 0 Å². The highest BCUT2D eigenvalue weighted by Crippen LogP contribution is 2.31. The molecule has 0 saturated carbocycles. The van der Waals surface area contributed by atoms with E-state index in [4.69, 9.17) is 5.11 Å². The molecule has 2 atom stereocenters. The van der Waals surface area contributed by atoms with E-state index >= 15 is 0 Å². The molecular weight excluding hydrogens is 209 g/mol. The number of halogens is 3. The second-order valence-electron chi connectivity index (χ2n) is 3.15. The lowest BCUT2D eigenvalue weighted by atomic mass is 10.0. The summed E-state index contributed by atoms with van der Waals surface area (Å²) in [5.74, 6) is -2.01. The first-order valence-electron chi connectivity index (χ1n) is 3.67. The molecule has 3 nitrogen and oxygen atoms in total. The van der Waals surface area contributed by atoms with Crippen molar-refractivity contribution in [2.24, 2.45) is 5.92 Å². The monoisotopic (exact) mass is 218 g/mol. The van der Waals surface area contributed by atoms with Crippen molar-refractivity contribution in [3.8, 4) is 0 Å². The van der Waals surface area contributed by atoms with Crippen LogP contribution in [0.15, 0.2) is 0 Å². The van der Waals surface area contributed by atoms with Crippen LogP contribution in [0, 0.1) is 5.92 Å². The van der Waals surface area contributed by atoms with E-state index in [-0.39, 0.29) is 12.2 Å². The number of aliphatic hydroxyl groups is 1. The molecule has 0 bridgehead atoms. The Morgan fingerprint density at radius 3 is 2.23 bits per heavy atom. The first-order chi connectivity index (χ1) is 5.72. The standard InChI is InChI=1S/C6H9F3O3S/c7-6(8,9)5(10)4-1-2-13(11,12)3-4/h4-5,10H,1-3H2. The topological polar surface area (TPSA) is 54.4 Å². The molecule has 78 valence electrons. The SMILES string of the molecule is O=S1(=O)CCC(C(O)C(F)(F)F)C1. The number of sulfone groups is 1. The summed E-state index contributed by atoms with van der Waals surface area (Å²) < 4.78 is 57.3. The normalized spacial score (nSPS) is 30.3. The van der Waals surface area contributed by atoms with Crippen molar-refractivity contribution in [1.82, 2.24) is 0 Å². The highest BCUT2D eigenvalue weighted by atomic mass is 32.2.